The molecule has 1 aromatic carbocycles. The lowest BCUT2D eigenvalue weighted by Gasteiger charge is -2.21. The third-order valence-electron chi connectivity index (χ3n) is 2.99. The van der Waals surface area contributed by atoms with Crippen molar-refractivity contribution in [2.24, 2.45) is 5.73 Å². The third kappa shape index (κ3) is 2.58. The molecule has 92 valence electrons. The lowest BCUT2D eigenvalue weighted by Crippen LogP contribution is -2.36. The Morgan fingerprint density at radius 3 is 2.67 bits per heavy atom. The van der Waals surface area contributed by atoms with Gasteiger partial charge in [0.15, 0.2) is 0 Å². The van der Waals surface area contributed by atoms with E-state index >= 15 is 0 Å². The second-order valence-corrected chi connectivity index (χ2v) is 4.48. The second-order valence-electron chi connectivity index (χ2n) is 4.48. The van der Waals surface area contributed by atoms with E-state index in [9.17, 15) is 5.26 Å². The van der Waals surface area contributed by atoms with E-state index in [1.165, 1.54) is 0 Å². The number of aryl methyl sites for hydroxylation is 2. The van der Waals surface area contributed by atoms with E-state index in [-0.39, 0.29) is 0 Å². The molecule has 0 saturated heterocycles. The highest BCUT2D eigenvalue weighted by Crippen LogP contribution is 2.21. The van der Waals surface area contributed by atoms with Gasteiger partial charge in [-0.2, -0.15) is 10.4 Å². The standard InChI is InChI=1S/C14H16N4/c1-12-9-17-18(10-12)8-7-14(16,11-15)13-5-3-2-4-6-13/h2-6,9-10H,7-8,16H2,1H3. The summed E-state index contributed by atoms with van der Waals surface area (Å²) in [6.07, 6.45) is 4.28. The smallest absolute Gasteiger partial charge is 0.131 e. The largest absolute Gasteiger partial charge is 0.310 e. The summed E-state index contributed by atoms with van der Waals surface area (Å²) in [5.41, 5.74) is 7.16. The zero-order valence-electron chi connectivity index (χ0n) is 10.4. The lowest BCUT2D eigenvalue weighted by atomic mass is 9.89. The molecule has 2 rings (SSSR count). The van der Waals surface area contributed by atoms with Crippen LogP contribution in [-0.4, -0.2) is 9.78 Å². The fraction of sp³-hybridized carbons (Fsp3) is 0.286. The molecule has 0 saturated carbocycles. The molecule has 1 heterocycles. The number of nitrogens with two attached hydrogens (primary N) is 1. The molecule has 0 aliphatic rings. The molecule has 0 aliphatic heterocycles. The zero-order chi connectivity index (χ0) is 13.0. The van der Waals surface area contributed by atoms with Crippen molar-refractivity contribution >= 4 is 0 Å². The van der Waals surface area contributed by atoms with Gasteiger partial charge in [-0.15, -0.1) is 0 Å². The molecule has 1 atom stereocenters. The highest BCUT2D eigenvalue weighted by atomic mass is 15.3. The summed E-state index contributed by atoms with van der Waals surface area (Å²) in [7, 11) is 0. The SMILES string of the molecule is Cc1cnn(CCC(N)(C#N)c2ccccc2)c1. The van der Waals surface area contributed by atoms with Crippen molar-refractivity contribution in [1.29, 1.82) is 5.26 Å². The number of rotatable bonds is 4. The first-order valence-corrected chi connectivity index (χ1v) is 5.89. The average molecular weight is 240 g/mol. The summed E-state index contributed by atoms with van der Waals surface area (Å²) in [4.78, 5) is 0. The van der Waals surface area contributed by atoms with Crippen LogP contribution in [0.1, 0.15) is 17.5 Å². The predicted octanol–water partition coefficient (Wildman–Crippen LogP) is 1.96. The molecule has 18 heavy (non-hydrogen) atoms. The minimum Gasteiger partial charge on any atom is -0.310 e. The monoisotopic (exact) mass is 240 g/mol. The van der Waals surface area contributed by atoms with Gasteiger partial charge in [0.2, 0.25) is 0 Å². The van der Waals surface area contributed by atoms with Gasteiger partial charge in [-0.1, -0.05) is 30.3 Å². The number of hydrogen-bond donors (Lipinski definition) is 1. The van der Waals surface area contributed by atoms with Crippen molar-refractivity contribution < 1.29 is 0 Å². The number of nitrogens with zero attached hydrogens (tertiary/aromatic N) is 3. The van der Waals surface area contributed by atoms with Gasteiger partial charge in [0.1, 0.15) is 5.54 Å². The minimum atomic E-state index is -0.957. The predicted molar refractivity (Wildman–Crippen MR) is 69.5 cm³/mol. The van der Waals surface area contributed by atoms with E-state index in [0.29, 0.717) is 13.0 Å². The van der Waals surface area contributed by atoms with Gasteiger partial charge in [0.25, 0.3) is 0 Å². The first-order chi connectivity index (χ1) is 8.64. The first-order valence-electron chi connectivity index (χ1n) is 5.89. The number of benzene rings is 1. The van der Waals surface area contributed by atoms with Crippen molar-refractivity contribution in [2.45, 2.75) is 25.4 Å². The van der Waals surface area contributed by atoms with E-state index in [0.717, 1.165) is 11.1 Å². The summed E-state index contributed by atoms with van der Waals surface area (Å²) >= 11 is 0. The Balaban J connectivity index is 2.12. The van der Waals surface area contributed by atoms with Crippen molar-refractivity contribution in [3.63, 3.8) is 0 Å². The molecule has 4 nitrogen and oxygen atoms in total. The molecule has 0 fully saturated rings. The van der Waals surface area contributed by atoms with Gasteiger partial charge in [-0.05, 0) is 18.1 Å². The summed E-state index contributed by atoms with van der Waals surface area (Å²) in [6, 6.07) is 11.7. The van der Waals surface area contributed by atoms with Crippen LogP contribution in [0.5, 0.6) is 0 Å². The van der Waals surface area contributed by atoms with E-state index in [2.05, 4.69) is 11.2 Å². The molecule has 0 radical (unpaired) electrons. The van der Waals surface area contributed by atoms with E-state index in [1.54, 1.807) is 6.20 Å². The first kappa shape index (κ1) is 12.3. The van der Waals surface area contributed by atoms with Crippen molar-refractivity contribution in [3.8, 4) is 6.07 Å². The fourth-order valence-electron chi connectivity index (χ4n) is 1.88. The van der Waals surface area contributed by atoms with Gasteiger partial charge in [-0.25, -0.2) is 0 Å². The molecular formula is C14H16N4. The Morgan fingerprint density at radius 2 is 2.11 bits per heavy atom. The van der Waals surface area contributed by atoms with Gasteiger partial charge in [-0.3, -0.25) is 4.68 Å². The van der Waals surface area contributed by atoms with Crippen LogP contribution < -0.4 is 5.73 Å². The number of nitriles is 1. The van der Waals surface area contributed by atoms with Crippen LogP contribution >= 0.6 is 0 Å². The molecular weight excluding hydrogens is 224 g/mol. The van der Waals surface area contributed by atoms with Gasteiger partial charge >= 0.3 is 0 Å². The summed E-state index contributed by atoms with van der Waals surface area (Å²) in [5.74, 6) is 0. The Hall–Kier alpha value is -2.12. The molecule has 0 amide bonds. The van der Waals surface area contributed by atoms with Crippen LogP contribution in [0.3, 0.4) is 0 Å². The summed E-state index contributed by atoms with van der Waals surface area (Å²) < 4.78 is 1.82. The molecule has 1 aromatic heterocycles. The molecule has 0 bridgehead atoms. The number of hydrogen-bond acceptors (Lipinski definition) is 3. The fourth-order valence-corrected chi connectivity index (χ4v) is 1.88. The Morgan fingerprint density at radius 1 is 1.39 bits per heavy atom. The van der Waals surface area contributed by atoms with Crippen LogP contribution in [0, 0.1) is 18.3 Å². The zero-order valence-corrected chi connectivity index (χ0v) is 10.4. The average Bonchev–Trinajstić information content (AvgIpc) is 2.83. The van der Waals surface area contributed by atoms with E-state index < -0.39 is 5.54 Å². The van der Waals surface area contributed by atoms with E-state index in [4.69, 9.17) is 5.73 Å². The van der Waals surface area contributed by atoms with Crippen LogP contribution in [0.4, 0.5) is 0 Å². The van der Waals surface area contributed by atoms with Gasteiger partial charge in [0.05, 0.1) is 12.3 Å². The quantitative estimate of drug-likeness (QED) is 0.888. The maximum atomic E-state index is 9.32. The molecule has 0 spiro atoms. The van der Waals surface area contributed by atoms with Crippen LogP contribution in [0.25, 0.3) is 0 Å². The highest BCUT2D eigenvalue weighted by molar-refractivity contribution is 5.30. The lowest BCUT2D eigenvalue weighted by molar-refractivity contribution is 0.451. The Labute approximate surface area is 107 Å². The minimum absolute atomic E-state index is 0.536. The van der Waals surface area contributed by atoms with Crippen molar-refractivity contribution in [1.82, 2.24) is 9.78 Å². The second kappa shape index (κ2) is 5.03. The van der Waals surface area contributed by atoms with Crippen LogP contribution in [0.2, 0.25) is 0 Å². The Kier molecular flexibility index (Phi) is 3.45. The summed E-state index contributed by atoms with van der Waals surface area (Å²) in [6.45, 7) is 2.62. The maximum Gasteiger partial charge on any atom is 0.131 e. The van der Waals surface area contributed by atoms with Crippen molar-refractivity contribution in [3.05, 3.63) is 53.9 Å². The van der Waals surface area contributed by atoms with Crippen LogP contribution in [-0.2, 0) is 12.1 Å². The maximum absolute atomic E-state index is 9.32. The van der Waals surface area contributed by atoms with Crippen LogP contribution in [0.15, 0.2) is 42.7 Å². The molecule has 1 unspecified atom stereocenters. The molecule has 2 aromatic rings. The normalized spacial score (nSPS) is 13.8. The topological polar surface area (TPSA) is 67.6 Å². The third-order valence-corrected chi connectivity index (χ3v) is 2.99. The van der Waals surface area contributed by atoms with E-state index in [1.807, 2.05) is 48.1 Å². The van der Waals surface area contributed by atoms with Crippen molar-refractivity contribution in [2.75, 3.05) is 0 Å². The highest BCUT2D eigenvalue weighted by Gasteiger charge is 2.26. The Bertz CT molecular complexity index is 553. The molecule has 2 N–H and O–H groups in total. The van der Waals surface area contributed by atoms with Gasteiger partial charge < -0.3 is 5.73 Å². The summed E-state index contributed by atoms with van der Waals surface area (Å²) in [5, 5.41) is 13.5. The number of aromatic nitrogens is 2. The van der Waals surface area contributed by atoms with Gasteiger partial charge in [0, 0.05) is 19.2 Å². The molecule has 4 heteroatoms. The molecule has 0 aliphatic carbocycles.